The molecule has 1 aliphatic carbocycles. The molecule has 0 saturated carbocycles. The minimum absolute atomic E-state index is 0.635. The van der Waals surface area contributed by atoms with Crippen LogP contribution >= 0.6 is 0 Å². The van der Waals surface area contributed by atoms with E-state index in [0.29, 0.717) is 5.92 Å². The normalized spacial score (nSPS) is 19.6. The molecule has 2 aromatic carbocycles. The second kappa shape index (κ2) is 4.05. The van der Waals surface area contributed by atoms with Gasteiger partial charge in [0.1, 0.15) is 0 Å². The zero-order valence-electron chi connectivity index (χ0n) is 12.4. The van der Waals surface area contributed by atoms with Gasteiger partial charge in [0.15, 0.2) is 6.54 Å². The van der Waals surface area contributed by atoms with Crippen molar-refractivity contribution in [3.05, 3.63) is 63.7 Å². The fourth-order valence-corrected chi connectivity index (χ4v) is 3.53. The Morgan fingerprint density at radius 1 is 1.05 bits per heavy atom. The third-order valence-corrected chi connectivity index (χ3v) is 5.03. The number of hydrogen-bond donors (Lipinski definition) is 0. The largest absolute Gasteiger partial charge is 0.209 e. The van der Waals surface area contributed by atoms with E-state index in [-0.39, 0.29) is 0 Å². The van der Waals surface area contributed by atoms with Gasteiger partial charge in [0, 0.05) is 36.1 Å². The van der Waals surface area contributed by atoms with Gasteiger partial charge in [0.05, 0.1) is 0 Å². The molecule has 0 aromatic heterocycles. The first-order chi connectivity index (χ1) is 9.65. The first-order valence-electron chi connectivity index (χ1n) is 7.50. The van der Waals surface area contributed by atoms with Crippen LogP contribution in [-0.4, -0.2) is 6.54 Å². The number of hydrogen-bond acceptors (Lipinski definition) is 0. The molecule has 2 aromatic rings. The molecule has 1 nitrogen and oxygen atoms in total. The van der Waals surface area contributed by atoms with Crippen LogP contribution in [0, 0.1) is 6.92 Å². The van der Waals surface area contributed by atoms with Crippen molar-refractivity contribution in [3.63, 3.8) is 0 Å². The quantitative estimate of drug-likeness (QED) is 0.695. The first-order valence-corrected chi connectivity index (χ1v) is 7.50. The van der Waals surface area contributed by atoms with Crippen LogP contribution in [0.3, 0.4) is 0 Å². The average molecular weight is 262 g/mol. The predicted octanol–water partition coefficient (Wildman–Crippen LogP) is 2.66. The Kier molecular flexibility index (Phi) is 2.41. The minimum atomic E-state index is 0.635. The smallest absolute Gasteiger partial charge is 0.192 e. The summed E-state index contributed by atoms with van der Waals surface area (Å²) in [5, 5.41) is 2.92. The Hall–Kier alpha value is -1.89. The summed E-state index contributed by atoms with van der Waals surface area (Å²) in [4.78, 5) is 0. The van der Waals surface area contributed by atoms with Crippen molar-refractivity contribution >= 4 is 11.3 Å². The SMILES string of the molecule is CC1=c2cc3c(cc2C1C)=[N+](c1ccc(C)cc1)CC3. The molecule has 1 atom stereocenters. The monoisotopic (exact) mass is 262 g/mol. The van der Waals surface area contributed by atoms with E-state index in [9.17, 15) is 0 Å². The lowest BCUT2D eigenvalue weighted by molar-refractivity contribution is 0.781. The maximum Gasteiger partial charge on any atom is 0.209 e. The molecule has 0 bridgehead atoms. The van der Waals surface area contributed by atoms with Crippen molar-refractivity contribution in [2.45, 2.75) is 33.1 Å². The van der Waals surface area contributed by atoms with Crippen LogP contribution in [0.5, 0.6) is 0 Å². The molecular formula is C19H20N+. The van der Waals surface area contributed by atoms with Crippen LogP contribution in [0.2, 0.25) is 0 Å². The Morgan fingerprint density at radius 2 is 1.80 bits per heavy atom. The van der Waals surface area contributed by atoms with E-state index in [1.165, 1.54) is 33.0 Å². The highest BCUT2D eigenvalue weighted by molar-refractivity contribution is 5.63. The average Bonchev–Trinajstić information content (AvgIpc) is 2.89. The Balaban J connectivity index is 1.96. The molecule has 0 amide bonds. The third-order valence-electron chi connectivity index (χ3n) is 5.03. The van der Waals surface area contributed by atoms with E-state index in [1.807, 2.05) is 0 Å². The topological polar surface area (TPSA) is 3.01 Å². The second-order valence-corrected chi connectivity index (χ2v) is 6.21. The molecule has 1 aliphatic heterocycles. The van der Waals surface area contributed by atoms with Gasteiger partial charge in [0.25, 0.3) is 0 Å². The summed E-state index contributed by atoms with van der Waals surface area (Å²) in [7, 11) is 0. The highest BCUT2D eigenvalue weighted by Gasteiger charge is 2.27. The summed E-state index contributed by atoms with van der Waals surface area (Å²) in [6.07, 6.45) is 1.16. The molecular weight excluding hydrogens is 242 g/mol. The Morgan fingerprint density at radius 3 is 2.55 bits per heavy atom. The van der Waals surface area contributed by atoms with Gasteiger partial charge in [0.2, 0.25) is 11.0 Å². The fourth-order valence-electron chi connectivity index (χ4n) is 3.53. The van der Waals surface area contributed by atoms with Crippen LogP contribution in [0.15, 0.2) is 36.4 Å². The van der Waals surface area contributed by atoms with E-state index >= 15 is 0 Å². The molecule has 0 N–H and O–H groups in total. The number of aryl methyl sites for hydroxylation is 1. The summed E-state index contributed by atoms with van der Waals surface area (Å²) in [5.74, 6) is 0.635. The van der Waals surface area contributed by atoms with E-state index in [4.69, 9.17) is 0 Å². The van der Waals surface area contributed by atoms with Crippen molar-refractivity contribution in [1.82, 2.24) is 4.58 Å². The molecule has 0 saturated heterocycles. The van der Waals surface area contributed by atoms with Gasteiger partial charge in [-0.2, -0.15) is 4.58 Å². The molecule has 1 heterocycles. The molecule has 1 heteroatoms. The summed E-state index contributed by atoms with van der Waals surface area (Å²) in [6, 6.07) is 13.7. The van der Waals surface area contributed by atoms with Crippen LogP contribution in [0.4, 0.5) is 5.69 Å². The van der Waals surface area contributed by atoms with E-state index in [0.717, 1.165) is 13.0 Å². The van der Waals surface area contributed by atoms with Crippen molar-refractivity contribution < 1.29 is 0 Å². The van der Waals surface area contributed by atoms with Crippen LogP contribution in [-0.2, 0) is 6.42 Å². The van der Waals surface area contributed by atoms with E-state index in [2.05, 4.69) is 61.7 Å². The zero-order valence-corrected chi connectivity index (χ0v) is 12.4. The van der Waals surface area contributed by atoms with E-state index < -0.39 is 0 Å². The molecule has 0 fully saturated rings. The highest BCUT2D eigenvalue weighted by atomic mass is 15.0. The van der Waals surface area contributed by atoms with E-state index in [1.54, 1.807) is 5.57 Å². The third kappa shape index (κ3) is 1.53. The van der Waals surface area contributed by atoms with Crippen LogP contribution in [0.1, 0.15) is 36.5 Å². The maximum absolute atomic E-state index is 2.47. The summed E-state index contributed by atoms with van der Waals surface area (Å²) in [5.41, 5.74) is 7.23. The number of fused-ring (bicyclic) bond motifs is 2. The van der Waals surface area contributed by atoms with Crippen LogP contribution in [0.25, 0.3) is 5.57 Å². The van der Waals surface area contributed by atoms with Gasteiger partial charge in [-0.15, -0.1) is 0 Å². The lowest BCUT2D eigenvalue weighted by Gasteiger charge is -2.24. The highest BCUT2D eigenvalue weighted by Crippen LogP contribution is 2.28. The Bertz CT molecular complexity index is 825. The maximum atomic E-state index is 2.47. The van der Waals surface area contributed by atoms with Gasteiger partial charge in [-0.3, -0.25) is 0 Å². The number of rotatable bonds is 1. The number of benzene rings is 2. The van der Waals surface area contributed by atoms with Crippen molar-refractivity contribution in [1.29, 1.82) is 0 Å². The lowest BCUT2D eigenvalue weighted by atomic mass is 9.80. The summed E-state index contributed by atoms with van der Waals surface area (Å²) >= 11 is 0. The predicted molar refractivity (Wildman–Crippen MR) is 83.8 cm³/mol. The van der Waals surface area contributed by atoms with Crippen molar-refractivity contribution in [3.8, 4) is 0 Å². The van der Waals surface area contributed by atoms with Gasteiger partial charge in [-0.1, -0.05) is 30.2 Å². The molecule has 1 unspecified atom stereocenters. The number of nitrogens with zero attached hydrogens (tertiary/aromatic N) is 1. The fraction of sp³-hybridized carbons (Fsp3) is 0.316. The molecule has 0 spiro atoms. The molecule has 2 aliphatic rings. The summed E-state index contributed by atoms with van der Waals surface area (Å²) in [6.45, 7) is 7.83. The van der Waals surface area contributed by atoms with Crippen LogP contribution < -0.4 is 15.2 Å². The molecule has 100 valence electrons. The molecule has 4 rings (SSSR count). The molecule has 0 radical (unpaired) electrons. The first kappa shape index (κ1) is 11.9. The van der Waals surface area contributed by atoms with Crippen molar-refractivity contribution in [2.24, 2.45) is 0 Å². The van der Waals surface area contributed by atoms with Gasteiger partial charge in [-0.25, -0.2) is 0 Å². The van der Waals surface area contributed by atoms with Gasteiger partial charge < -0.3 is 0 Å². The van der Waals surface area contributed by atoms with Gasteiger partial charge >= 0.3 is 0 Å². The zero-order chi connectivity index (χ0) is 13.9. The van der Waals surface area contributed by atoms with Crippen molar-refractivity contribution in [2.75, 3.05) is 6.54 Å². The van der Waals surface area contributed by atoms with Gasteiger partial charge in [-0.05, 0) is 30.7 Å². The molecule has 20 heavy (non-hydrogen) atoms. The standard InChI is InChI=1S/C19H20N/c1-12-4-6-16(7-5-12)20-9-8-15-10-17-13(2)14(3)18(17)11-19(15)20/h4-7,10-11,14H,8-9H2,1-3H3/q+1. The minimum Gasteiger partial charge on any atom is -0.192 e. The summed E-state index contributed by atoms with van der Waals surface area (Å²) < 4.78 is 2.47. The Labute approximate surface area is 119 Å². The lowest BCUT2D eigenvalue weighted by Crippen LogP contribution is -2.32. The second-order valence-electron chi connectivity index (χ2n) is 6.21.